The molecule has 3 aliphatic rings. The molecule has 0 aromatic heterocycles. The monoisotopic (exact) mass is 558 g/mol. The summed E-state index contributed by atoms with van der Waals surface area (Å²) in [7, 11) is 0. The third kappa shape index (κ3) is 5.28. The number of amides is 3. The first-order valence-corrected chi connectivity index (χ1v) is 13.8. The van der Waals surface area contributed by atoms with Gasteiger partial charge in [0.15, 0.2) is 0 Å². The number of rotatable bonds is 6. The van der Waals surface area contributed by atoms with Gasteiger partial charge in [0.1, 0.15) is 23.4 Å². The molecule has 0 spiro atoms. The standard InChI is InChI=1S/C31H31FN4O5/c32-28-21(5-10-24-25(28)18-36(31(24)41)26-11-12-27(39)33-30(26)40)17-34-13-15-35(16-14-34)29(19-1-6-22(37)7-2-19)20-3-8-23(38)9-4-20/h1-10,26,29,37-38H,11-18H2,(H,33,39,40). The number of phenolic OH excluding ortho intramolecular Hbond substituents is 2. The molecule has 1 atom stereocenters. The van der Waals surface area contributed by atoms with Crippen LogP contribution in [0.3, 0.4) is 0 Å². The summed E-state index contributed by atoms with van der Waals surface area (Å²) in [6.45, 7) is 3.24. The maximum atomic E-state index is 15.7. The van der Waals surface area contributed by atoms with E-state index in [4.69, 9.17) is 0 Å². The van der Waals surface area contributed by atoms with E-state index in [1.54, 1.807) is 36.4 Å². The average Bonchev–Trinajstić information content (AvgIpc) is 3.30. The zero-order chi connectivity index (χ0) is 28.7. The third-order valence-corrected chi connectivity index (χ3v) is 8.31. The molecule has 0 aliphatic carbocycles. The molecule has 212 valence electrons. The molecule has 3 amide bonds. The number of nitrogens with one attached hydrogen (secondary N) is 1. The molecule has 1 unspecified atom stereocenters. The lowest BCUT2D eigenvalue weighted by Crippen LogP contribution is -2.52. The van der Waals surface area contributed by atoms with Crippen molar-refractivity contribution in [2.75, 3.05) is 26.2 Å². The zero-order valence-corrected chi connectivity index (χ0v) is 22.4. The van der Waals surface area contributed by atoms with Gasteiger partial charge in [0.2, 0.25) is 11.8 Å². The second-order valence-corrected chi connectivity index (χ2v) is 10.9. The molecular formula is C31H31FN4O5. The van der Waals surface area contributed by atoms with E-state index < -0.39 is 17.8 Å². The van der Waals surface area contributed by atoms with Gasteiger partial charge in [0, 0.05) is 55.8 Å². The quantitative estimate of drug-likeness (QED) is 0.399. The number of hydrogen-bond acceptors (Lipinski definition) is 7. The number of imide groups is 1. The number of piperidine rings is 1. The number of hydrogen-bond donors (Lipinski definition) is 3. The van der Waals surface area contributed by atoms with Crippen molar-refractivity contribution in [3.05, 3.63) is 94.3 Å². The van der Waals surface area contributed by atoms with Crippen LogP contribution in [0, 0.1) is 5.82 Å². The third-order valence-electron chi connectivity index (χ3n) is 8.31. The summed E-state index contributed by atoms with van der Waals surface area (Å²) >= 11 is 0. The van der Waals surface area contributed by atoms with E-state index in [0.29, 0.717) is 30.8 Å². The zero-order valence-electron chi connectivity index (χ0n) is 22.4. The topological polar surface area (TPSA) is 113 Å². The summed E-state index contributed by atoms with van der Waals surface area (Å²) in [5.74, 6) is -1.29. The van der Waals surface area contributed by atoms with Crippen molar-refractivity contribution in [2.24, 2.45) is 0 Å². The van der Waals surface area contributed by atoms with Crippen LogP contribution in [0.5, 0.6) is 11.5 Å². The van der Waals surface area contributed by atoms with Crippen LogP contribution in [-0.2, 0) is 22.7 Å². The highest BCUT2D eigenvalue weighted by molar-refractivity contribution is 6.05. The number of carbonyl (C=O) groups is 3. The largest absolute Gasteiger partial charge is 0.508 e. The SMILES string of the molecule is O=C1CCC(N2Cc3c(ccc(CN4CCN(C(c5ccc(O)cc5)c5ccc(O)cc5)CC4)c3F)C2=O)C(=O)N1. The van der Waals surface area contributed by atoms with Gasteiger partial charge in [-0.3, -0.25) is 29.5 Å². The number of phenols is 2. The highest BCUT2D eigenvalue weighted by Gasteiger charge is 2.40. The van der Waals surface area contributed by atoms with Crippen LogP contribution in [0.2, 0.25) is 0 Å². The summed E-state index contributed by atoms with van der Waals surface area (Å²) in [6, 6.07) is 16.7. The highest BCUT2D eigenvalue weighted by Crippen LogP contribution is 2.33. The Morgan fingerprint density at radius 1 is 0.854 bits per heavy atom. The van der Waals surface area contributed by atoms with Crippen LogP contribution in [0.25, 0.3) is 0 Å². The summed E-state index contributed by atoms with van der Waals surface area (Å²) in [5.41, 5.74) is 3.12. The lowest BCUT2D eigenvalue weighted by Gasteiger charge is -2.40. The molecule has 2 saturated heterocycles. The van der Waals surface area contributed by atoms with Crippen molar-refractivity contribution in [2.45, 2.75) is 38.0 Å². The predicted molar refractivity (Wildman–Crippen MR) is 147 cm³/mol. The molecule has 10 heteroatoms. The van der Waals surface area contributed by atoms with Crippen LogP contribution in [0.1, 0.15) is 51.5 Å². The fraction of sp³-hybridized carbons (Fsp3) is 0.323. The van der Waals surface area contributed by atoms with E-state index in [9.17, 15) is 24.6 Å². The predicted octanol–water partition coefficient (Wildman–Crippen LogP) is 2.91. The molecule has 3 heterocycles. The summed E-state index contributed by atoms with van der Waals surface area (Å²) in [4.78, 5) is 42.7. The number of aromatic hydroxyl groups is 2. The van der Waals surface area contributed by atoms with E-state index in [1.165, 1.54) is 4.90 Å². The fourth-order valence-corrected chi connectivity index (χ4v) is 6.12. The minimum atomic E-state index is -0.779. The van der Waals surface area contributed by atoms with E-state index in [1.807, 2.05) is 24.3 Å². The van der Waals surface area contributed by atoms with Crippen molar-refractivity contribution < 1.29 is 29.0 Å². The number of fused-ring (bicyclic) bond motifs is 1. The first kappa shape index (κ1) is 26.9. The lowest BCUT2D eigenvalue weighted by atomic mass is 9.96. The van der Waals surface area contributed by atoms with Crippen molar-refractivity contribution in [3.63, 3.8) is 0 Å². The smallest absolute Gasteiger partial charge is 0.255 e. The molecular weight excluding hydrogens is 527 g/mol. The van der Waals surface area contributed by atoms with Gasteiger partial charge in [-0.2, -0.15) is 0 Å². The molecule has 3 aromatic carbocycles. The number of nitrogens with zero attached hydrogens (tertiary/aromatic N) is 3. The molecule has 3 aromatic rings. The summed E-state index contributed by atoms with van der Waals surface area (Å²) < 4.78 is 15.7. The Morgan fingerprint density at radius 2 is 1.46 bits per heavy atom. The normalized spacial score (nSPS) is 20.0. The van der Waals surface area contributed by atoms with Gasteiger partial charge in [-0.05, 0) is 47.9 Å². The molecule has 3 aliphatic heterocycles. The Morgan fingerprint density at radius 3 is 2.05 bits per heavy atom. The summed E-state index contributed by atoms with van der Waals surface area (Å²) in [6.07, 6.45) is 0.384. The Labute approximate surface area is 236 Å². The van der Waals surface area contributed by atoms with Crippen LogP contribution < -0.4 is 5.32 Å². The van der Waals surface area contributed by atoms with Crippen molar-refractivity contribution in [1.82, 2.24) is 20.0 Å². The lowest BCUT2D eigenvalue weighted by molar-refractivity contribution is -0.136. The number of benzene rings is 3. The Hall–Kier alpha value is -4.28. The van der Waals surface area contributed by atoms with Crippen molar-refractivity contribution in [3.8, 4) is 11.5 Å². The molecule has 3 N–H and O–H groups in total. The maximum Gasteiger partial charge on any atom is 0.255 e. The first-order chi connectivity index (χ1) is 19.8. The second-order valence-electron chi connectivity index (χ2n) is 10.9. The molecule has 2 fully saturated rings. The second kappa shape index (κ2) is 10.9. The van der Waals surface area contributed by atoms with Crippen LogP contribution >= 0.6 is 0 Å². The minimum absolute atomic E-state index is 0.00876. The maximum absolute atomic E-state index is 15.7. The van der Waals surface area contributed by atoms with Crippen molar-refractivity contribution >= 4 is 17.7 Å². The van der Waals surface area contributed by atoms with Gasteiger partial charge >= 0.3 is 0 Å². The van der Waals surface area contributed by atoms with Gasteiger partial charge in [0.25, 0.3) is 5.91 Å². The molecule has 9 nitrogen and oxygen atoms in total. The Bertz CT molecular complexity index is 1440. The molecule has 6 rings (SSSR count). The van der Waals surface area contributed by atoms with Gasteiger partial charge in [-0.25, -0.2) is 4.39 Å². The first-order valence-electron chi connectivity index (χ1n) is 13.8. The minimum Gasteiger partial charge on any atom is -0.508 e. The molecule has 41 heavy (non-hydrogen) atoms. The Balaban J connectivity index is 1.14. The van der Waals surface area contributed by atoms with E-state index in [0.717, 1.165) is 24.2 Å². The van der Waals surface area contributed by atoms with Gasteiger partial charge in [-0.15, -0.1) is 0 Å². The van der Waals surface area contributed by atoms with Crippen molar-refractivity contribution in [1.29, 1.82) is 0 Å². The molecule has 0 radical (unpaired) electrons. The molecule has 0 saturated carbocycles. The Kier molecular flexibility index (Phi) is 7.19. The van der Waals surface area contributed by atoms with Gasteiger partial charge in [0.05, 0.1) is 12.6 Å². The van der Waals surface area contributed by atoms with Gasteiger partial charge in [-0.1, -0.05) is 30.3 Å². The highest BCUT2D eigenvalue weighted by atomic mass is 19.1. The van der Waals surface area contributed by atoms with E-state index in [2.05, 4.69) is 15.1 Å². The van der Waals surface area contributed by atoms with E-state index in [-0.39, 0.29) is 54.3 Å². The van der Waals surface area contributed by atoms with Crippen LogP contribution in [0.15, 0.2) is 60.7 Å². The molecule has 0 bridgehead atoms. The van der Waals surface area contributed by atoms with E-state index >= 15 is 4.39 Å². The average molecular weight is 559 g/mol. The number of carbonyl (C=O) groups excluding carboxylic acids is 3. The van der Waals surface area contributed by atoms with Crippen LogP contribution in [-0.4, -0.2) is 74.9 Å². The number of halogens is 1. The number of piperazine rings is 1. The van der Waals surface area contributed by atoms with Gasteiger partial charge < -0.3 is 15.1 Å². The van der Waals surface area contributed by atoms with Crippen LogP contribution in [0.4, 0.5) is 4.39 Å². The fourth-order valence-electron chi connectivity index (χ4n) is 6.12. The summed E-state index contributed by atoms with van der Waals surface area (Å²) in [5, 5.41) is 21.9.